The van der Waals surface area contributed by atoms with Gasteiger partial charge in [-0.25, -0.2) is 0 Å². The van der Waals surface area contributed by atoms with Crippen LogP contribution in [-0.4, -0.2) is 30.2 Å². The van der Waals surface area contributed by atoms with Crippen LogP contribution in [0.3, 0.4) is 0 Å². The molecule has 0 bridgehead atoms. The lowest BCUT2D eigenvalue weighted by molar-refractivity contribution is 0.102. The zero-order valence-electron chi connectivity index (χ0n) is 11.3. The smallest absolute Gasteiger partial charge is 0.263 e. The van der Waals surface area contributed by atoms with Crippen LogP contribution in [0.4, 0.5) is 11.4 Å². The second kappa shape index (κ2) is 5.52. The Morgan fingerprint density at radius 3 is 2.25 bits per heavy atom. The lowest BCUT2D eigenvalue weighted by atomic mass is 10.1. The van der Waals surface area contributed by atoms with E-state index in [-0.39, 0.29) is 17.1 Å². The van der Waals surface area contributed by atoms with Gasteiger partial charge in [0.05, 0.1) is 0 Å². The third-order valence-electron chi connectivity index (χ3n) is 2.87. The predicted molar refractivity (Wildman–Crippen MR) is 78.5 cm³/mol. The SMILES string of the molecule is CN(C)c1cccc(NC(=O)c2c(O)cccc2O)c1. The first-order valence-corrected chi connectivity index (χ1v) is 6.08. The van der Waals surface area contributed by atoms with Crippen molar-refractivity contribution in [3.8, 4) is 11.5 Å². The fourth-order valence-corrected chi connectivity index (χ4v) is 1.82. The monoisotopic (exact) mass is 272 g/mol. The highest BCUT2D eigenvalue weighted by Crippen LogP contribution is 2.27. The standard InChI is InChI=1S/C15H16N2O3/c1-17(2)11-6-3-5-10(9-11)16-15(20)14-12(18)7-4-8-13(14)19/h3-9,18-19H,1-2H3,(H,16,20). The summed E-state index contributed by atoms with van der Waals surface area (Å²) in [4.78, 5) is 14.0. The molecule has 1 amide bonds. The van der Waals surface area contributed by atoms with Crippen molar-refractivity contribution in [2.45, 2.75) is 0 Å². The van der Waals surface area contributed by atoms with Crippen molar-refractivity contribution < 1.29 is 15.0 Å². The van der Waals surface area contributed by atoms with Crippen LogP contribution < -0.4 is 10.2 Å². The number of amides is 1. The molecule has 2 aromatic carbocycles. The van der Waals surface area contributed by atoms with Crippen molar-refractivity contribution in [3.63, 3.8) is 0 Å². The average Bonchev–Trinajstić information content (AvgIpc) is 2.38. The largest absolute Gasteiger partial charge is 0.507 e. The Hall–Kier alpha value is -2.69. The Bertz CT molecular complexity index is 619. The predicted octanol–water partition coefficient (Wildman–Crippen LogP) is 2.42. The molecule has 0 heterocycles. The van der Waals surface area contributed by atoms with E-state index < -0.39 is 5.91 Å². The van der Waals surface area contributed by atoms with Gasteiger partial charge in [-0.05, 0) is 30.3 Å². The van der Waals surface area contributed by atoms with E-state index in [1.807, 2.05) is 31.1 Å². The fourth-order valence-electron chi connectivity index (χ4n) is 1.82. The third-order valence-corrected chi connectivity index (χ3v) is 2.87. The van der Waals surface area contributed by atoms with Crippen LogP contribution in [0.2, 0.25) is 0 Å². The maximum absolute atomic E-state index is 12.1. The lowest BCUT2D eigenvalue weighted by Crippen LogP contribution is -2.13. The van der Waals surface area contributed by atoms with Crippen LogP contribution >= 0.6 is 0 Å². The van der Waals surface area contributed by atoms with Gasteiger partial charge >= 0.3 is 0 Å². The molecule has 3 N–H and O–H groups in total. The number of phenolic OH excluding ortho intramolecular Hbond substituents is 2. The number of rotatable bonds is 3. The third kappa shape index (κ3) is 2.83. The van der Waals surface area contributed by atoms with Crippen LogP contribution in [-0.2, 0) is 0 Å². The van der Waals surface area contributed by atoms with E-state index in [0.717, 1.165) is 5.69 Å². The van der Waals surface area contributed by atoms with Gasteiger partial charge in [-0.2, -0.15) is 0 Å². The zero-order chi connectivity index (χ0) is 14.7. The van der Waals surface area contributed by atoms with Crippen molar-refractivity contribution in [3.05, 3.63) is 48.0 Å². The molecule has 0 saturated heterocycles. The first kappa shape index (κ1) is 13.7. The van der Waals surface area contributed by atoms with E-state index in [1.165, 1.54) is 18.2 Å². The second-order valence-electron chi connectivity index (χ2n) is 4.57. The fraction of sp³-hybridized carbons (Fsp3) is 0.133. The number of carbonyl (C=O) groups is 1. The van der Waals surface area contributed by atoms with Crippen molar-refractivity contribution in [1.82, 2.24) is 0 Å². The number of phenols is 2. The summed E-state index contributed by atoms with van der Waals surface area (Å²) in [6, 6.07) is 11.4. The molecule has 0 aliphatic carbocycles. The van der Waals surface area contributed by atoms with Gasteiger partial charge in [-0.3, -0.25) is 4.79 Å². The molecule has 0 aromatic heterocycles. The van der Waals surface area contributed by atoms with E-state index >= 15 is 0 Å². The maximum atomic E-state index is 12.1. The molecule has 0 atom stereocenters. The summed E-state index contributed by atoms with van der Waals surface area (Å²) < 4.78 is 0. The summed E-state index contributed by atoms with van der Waals surface area (Å²) in [6.45, 7) is 0. The zero-order valence-corrected chi connectivity index (χ0v) is 11.3. The van der Waals surface area contributed by atoms with Crippen molar-refractivity contribution >= 4 is 17.3 Å². The number of anilines is 2. The number of carbonyl (C=O) groups excluding carboxylic acids is 1. The van der Waals surface area contributed by atoms with Gasteiger partial charge in [0.1, 0.15) is 17.1 Å². The van der Waals surface area contributed by atoms with Gasteiger partial charge in [-0.15, -0.1) is 0 Å². The number of hydrogen-bond donors (Lipinski definition) is 3. The molecule has 0 spiro atoms. The average molecular weight is 272 g/mol. The highest BCUT2D eigenvalue weighted by Gasteiger charge is 2.16. The number of nitrogens with zero attached hydrogens (tertiary/aromatic N) is 1. The molecular weight excluding hydrogens is 256 g/mol. The van der Waals surface area contributed by atoms with E-state index in [0.29, 0.717) is 5.69 Å². The molecule has 0 saturated carbocycles. The highest BCUT2D eigenvalue weighted by atomic mass is 16.3. The second-order valence-corrected chi connectivity index (χ2v) is 4.57. The van der Waals surface area contributed by atoms with Crippen LogP contribution in [0.5, 0.6) is 11.5 Å². The molecule has 20 heavy (non-hydrogen) atoms. The molecule has 0 aliphatic heterocycles. The minimum Gasteiger partial charge on any atom is -0.507 e. The van der Waals surface area contributed by atoms with E-state index in [4.69, 9.17) is 0 Å². The molecule has 2 aromatic rings. The van der Waals surface area contributed by atoms with Gasteiger partial charge in [-0.1, -0.05) is 12.1 Å². The molecule has 5 nitrogen and oxygen atoms in total. The maximum Gasteiger partial charge on any atom is 0.263 e. The van der Waals surface area contributed by atoms with Crippen LogP contribution in [0, 0.1) is 0 Å². The number of benzene rings is 2. The summed E-state index contributed by atoms with van der Waals surface area (Å²) in [5.74, 6) is -1.07. The van der Waals surface area contributed by atoms with Crippen LogP contribution in [0.15, 0.2) is 42.5 Å². The van der Waals surface area contributed by atoms with Gasteiger partial charge in [0.15, 0.2) is 0 Å². The Labute approximate surface area is 117 Å². The number of nitrogens with one attached hydrogen (secondary N) is 1. The lowest BCUT2D eigenvalue weighted by Gasteiger charge is -2.14. The van der Waals surface area contributed by atoms with E-state index in [1.54, 1.807) is 12.1 Å². The molecule has 0 unspecified atom stereocenters. The number of aromatic hydroxyl groups is 2. The van der Waals surface area contributed by atoms with Gasteiger partial charge in [0.2, 0.25) is 0 Å². The Morgan fingerprint density at radius 1 is 1.05 bits per heavy atom. The normalized spacial score (nSPS) is 10.1. The molecule has 104 valence electrons. The summed E-state index contributed by atoms with van der Waals surface area (Å²) in [7, 11) is 3.80. The first-order valence-electron chi connectivity index (χ1n) is 6.08. The molecule has 0 aliphatic rings. The Balaban J connectivity index is 2.26. The van der Waals surface area contributed by atoms with Crippen molar-refractivity contribution in [1.29, 1.82) is 0 Å². The quantitative estimate of drug-likeness (QED) is 0.802. The Kier molecular flexibility index (Phi) is 3.79. The summed E-state index contributed by atoms with van der Waals surface area (Å²) in [5, 5.41) is 22.0. The van der Waals surface area contributed by atoms with Crippen LogP contribution in [0.25, 0.3) is 0 Å². The first-order chi connectivity index (χ1) is 9.49. The van der Waals surface area contributed by atoms with Gasteiger partial charge < -0.3 is 20.4 Å². The van der Waals surface area contributed by atoms with E-state index in [9.17, 15) is 15.0 Å². The van der Waals surface area contributed by atoms with Crippen molar-refractivity contribution in [2.24, 2.45) is 0 Å². The minimum atomic E-state index is -0.559. The summed E-state index contributed by atoms with van der Waals surface area (Å²) in [6.07, 6.45) is 0. The summed E-state index contributed by atoms with van der Waals surface area (Å²) >= 11 is 0. The molecule has 5 heteroatoms. The highest BCUT2D eigenvalue weighted by molar-refractivity contribution is 6.08. The summed E-state index contributed by atoms with van der Waals surface area (Å²) in [5.41, 5.74) is 1.39. The number of hydrogen-bond acceptors (Lipinski definition) is 4. The van der Waals surface area contributed by atoms with Gasteiger partial charge in [0, 0.05) is 25.5 Å². The molecule has 0 radical (unpaired) electrons. The topological polar surface area (TPSA) is 72.8 Å². The van der Waals surface area contributed by atoms with E-state index in [2.05, 4.69) is 5.32 Å². The van der Waals surface area contributed by atoms with Gasteiger partial charge in [0.25, 0.3) is 5.91 Å². The van der Waals surface area contributed by atoms with Crippen LogP contribution in [0.1, 0.15) is 10.4 Å². The Morgan fingerprint density at radius 2 is 1.65 bits per heavy atom. The molecular formula is C15H16N2O3. The molecule has 2 rings (SSSR count). The molecule has 0 fully saturated rings. The minimum absolute atomic E-state index is 0.136. The van der Waals surface area contributed by atoms with Crippen molar-refractivity contribution in [2.75, 3.05) is 24.3 Å².